The third-order valence-electron chi connectivity index (χ3n) is 4.53. The second kappa shape index (κ2) is 18.3. The Morgan fingerprint density at radius 1 is 0.867 bits per heavy atom. The van der Waals surface area contributed by atoms with E-state index in [1.54, 1.807) is 18.2 Å². The van der Waals surface area contributed by atoms with Gasteiger partial charge in [-0.15, -0.1) is 0 Å². The molecule has 0 spiro atoms. The molecule has 1 atom stereocenters. The van der Waals surface area contributed by atoms with Crippen molar-refractivity contribution < 1.29 is 0 Å². The molecule has 0 aliphatic carbocycles. The van der Waals surface area contributed by atoms with Gasteiger partial charge in [-0.3, -0.25) is 0 Å². The smallest absolute Gasteiger partial charge is 0.0328 e. The topological polar surface area (TPSA) is 52.0 Å². The van der Waals surface area contributed by atoms with Crippen molar-refractivity contribution in [2.24, 2.45) is 17.4 Å². The highest BCUT2D eigenvalue weighted by Gasteiger charge is 2.03. The average Bonchev–Trinajstić information content (AvgIpc) is 2.73. The first-order valence-corrected chi connectivity index (χ1v) is 10.7. The third-order valence-corrected chi connectivity index (χ3v) is 4.53. The number of nitrogens with two attached hydrogens (primary N) is 2. The zero-order valence-corrected chi connectivity index (χ0v) is 19.8. The molecule has 0 saturated heterocycles. The van der Waals surface area contributed by atoms with Crippen molar-refractivity contribution in [2.75, 3.05) is 0 Å². The van der Waals surface area contributed by atoms with Crippen LogP contribution in [0, 0.1) is 5.92 Å². The summed E-state index contributed by atoms with van der Waals surface area (Å²) in [5, 5.41) is 0. The fourth-order valence-electron chi connectivity index (χ4n) is 2.24. The van der Waals surface area contributed by atoms with Crippen LogP contribution in [0.2, 0.25) is 0 Å². The monoisotopic (exact) mass is 408 g/mol. The van der Waals surface area contributed by atoms with Gasteiger partial charge in [0.1, 0.15) is 0 Å². The lowest BCUT2D eigenvalue weighted by Gasteiger charge is -2.10. The molecule has 0 aromatic heterocycles. The second-order valence-corrected chi connectivity index (χ2v) is 7.38. The van der Waals surface area contributed by atoms with Crippen molar-refractivity contribution in [3.63, 3.8) is 0 Å². The zero-order chi connectivity index (χ0) is 23.5. The summed E-state index contributed by atoms with van der Waals surface area (Å²) in [6.45, 7) is 28.2. The second-order valence-electron chi connectivity index (χ2n) is 7.38. The van der Waals surface area contributed by atoms with E-state index in [9.17, 15) is 0 Å². The molecule has 4 N–H and O–H groups in total. The normalized spacial score (nSPS) is 12.9. The van der Waals surface area contributed by atoms with Crippen LogP contribution in [0.25, 0.3) is 0 Å². The average molecular weight is 409 g/mol. The summed E-state index contributed by atoms with van der Waals surface area (Å²) in [6.07, 6.45) is 18.9. The largest absolute Gasteiger partial charge is 0.399 e. The predicted octanol–water partition coefficient (Wildman–Crippen LogP) is 7.83. The Bertz CT molecular complexity index is 696. The molecule has 0 aliphatic heterocycles. The molecule has 0 heterocycles. The van der Waals surface area contributed by atoms with Gasteiger partial charge in [-0.1, -0.05) is 114 Å². The van der Waals surface area contributed by atoms with Crippen molar-refractivity contribution in [3.05, 3.63) is 109 Å². The van der Waals surface area contributed by atoms with E-state index in [2.05, 4.69) is 59.7 Å². The molecular weight excluding hydrogens is 364 g/mol. The fourth-order valence-corrected chi connectivity index (χ4v) is 2.24. The van der Waals surface area contributed by atoms with Gasteiger partial charge in [-0.05, 0) is 49.0 Å². The van der Waals surface area contributed by atoms with Crippen molar-refractivity contribution in [3.8, 4) is 0 Å². The highest BCUT2D eigenvalue weighted by atomic mass is 14.6. The molecule has 2 nitrogen and oxygen atoms in total. The van der Waals surface area contributed by atoms with E-state index in [1.807, 2.05) is 25.2 Å². The first-order chi connectivity index (χ1) is 14.1. The number of allylic oxidation sites excluding steroid dienone is 11. The first kappa shape index (κ1) is 29.5. The van der Waals surface area contributed by atoms with E-state index >= 15 is 0 Å². The van der Waals surface area contributed by atoms with E-state index in [0.717, 1.165) is 35.1 Å². The van der Waals surface area contributed by atoms with Gasteiger partial charge in [0.2, 0.25) is 0 Å². The van der Waals surface area contributed by atoms with Crippen LogP contribution >= 0.6 is 0 Å². The highest BCUT2D eigenvalue weighted by molar-refractivity contribution is 5.45. The lowest BCUT2D eigenvalue weighted by Crippen LogP contribution is -1.98. The summed E-state index contributed by atoms with van der Waals surface area (Å²) in [5.74, 6) is 0.530. The van der Waals surface area contributed by atoms with Gasteiger partial charge in [0.05, 0.1) is 0 Å². The fraction of sp³-hybridized carbons (Fsp3) is 0.357. The van der Waals surface area contributed by atoms with Crippen LogP contribution in [0.15, 0.2) is 109 Å². The summed E-state index contributed by atoms with van der Waals surface area (Å²) in [4.78, 5) is 0. The van der Waals surface area contributed by atoms with Gasteiger partial charge in [0.25, 0.3) is 0 Å². The number of unbranched alkanes of at least 4 members (excludes halogenated alkanes) is 1. The van der Waals surface area contributed by atoms with Crippen molar-refractivity contribution in [2.45, 2.75) is 59.8 Å². The molecule has 0 bridgehead atoms. The summed E-state index contributed by atoms with van der Waals surface area (Å²) in [5.41, 5.74) is 16.2. The van der Waals surface area contributed by atoms with Crippen LogP contribution in [0.3, 0.4) is 0 Å². The highest BCUT2D eigenvalue weighted by Crippen LogP contribution is 2.19. The Kier molecular flexibility index (Phi) is 18.0. The van der Waals surface area contributed by atoms with Gasteiger partial charge in [0.15, 0.2) is 0 Å². The van der Waals surface area contributed by atoms with Gasteiger partial charge >= 0.3 is 0 Å². The predicted molar refractivity (Wildman–Crippen MR) is 139 cm³/mol. The molecule has 1 unspecified atom stereocenters. The van der Waals surface area contributed by atoms with Crippen molar-refractivity contribution >= 4 is 0 Å². The van der Waals surface area contributed by atoms with Crippen LogP contribution < -0.4 is 11.5 Å². The lowest BCUT2D eigenvalue weighted by atomic mass is 9.95. The maximum absolute atomic E-state index is 5.41. The molecule has 166 valence electrons. The van der Waals surface area contributed by atoms with Gasteiger partial charge in [-0.25, -0.2) is 0 Å². The minimum Gasteiger partial charge on any atom is -0.399 e. The quantitative estimate of drug-likeness (QED) is 0.305. The zero-order valence-electron chi connectivity index (χ0n) is 19.8. The Labute approximate surface area is 186 Å². The number of hydrogen-bond donors (Lipinski definition) is 2. The molecule has 0 amide bonds. The molecule has 2 heteroatoms. The number of hydrogen-bond acceptors (Lipinski definition) is 2. The molecule has 0 aromatic rings. The van der Waals surface area contributed by atoms with Crippen LogP contribution in [-0.4, -0.2) is 0 Å². The van der Waals surface area contributed by atoms with Gasteiger partial charge in [-0.2, -0.15) is 0 Å². The van der Waals surface area contributed by atoms with Crippen LogP contribution in [0.4, 0.5) is 0 Å². The Morgan fingerprint density at radius 2 is 1.43 bits per heavy atom. The van der Waals surface area contributed by atoms with Crippen LogP contribution in [0.1, 0.15) is 59.8 Å². The standard InChI is InChI=1S/C21H32.C7H12N2/c1-8-10-12-18(4)20(6)15-16-21(7)19(5)14-13-17(3)11-9-2;1-3-6(8)5-7(9)4-2/h13-16,18H,3,5-12H2,1-2,4H3;3-5H,1,8-9H2,2H3/b14-13-,16-15-;6-5+,7-4+. The summed E-state index contributed by atoms with van der Waals surface area (Å²) < 4.78 is 0. The first-order valence-electron chi connectivity index (χ1n) is 10.7. The molecule has 0 aromatic carbocycles. The van der Waals surface area contributed by atoms with Crippen molar-refractivity contribution in [1.82, 2.24) is 0 Å². The summed E-state index contributed by atoms with van der Waals surface area (Å²) >= 11 is 0. The maximum atomic E-state index is 5.41. The Hall–Kier alpha value is -2.74. The summed E-state index contributed by atoms with van der Waals surface area (Å²) in [6, 6.07) is 0. The van der Waals surface area contributed by atoms with Gasteiger partial charge < -0.3 is 11.5 Å². The SMILES string of the molecule is C=C(/C=C\C(=C)C(=C)/C=C\C(=C)C(C)CCCC)CCC.C=C/C(N)=C\C(N)=C/C. The van der Waals surface area contributed by atoms with E-state index in [-0.39, 0.29) is 0 Å². The molecule has 0 rings (SSSR count). The minimum atomic E-state index is 0.530. The van der Waals surface area contributed by atoms with E-state index in [4.69, 9.17) is 11.5 Å². The molecule has 0 fully saturated rings. The van der Waals surface area contributed by atoms with Crippen LogP contribution in [0.5, 0.6) is 0 Å². The molecule has 0 aliphatic rings. The van der Waals surface area contributed by atoms with E-state index in [0.29, 0.717) is 17.3 Å². The van der Waals surface area contributed by atoms with Crippen LogP contribution in [-0.2, 0) is 0 Å². The van der Waals surface area contributed by atoms with Gasteiger partial charge in [0, 0.05) is 11.4 Å². The maximum Gasteiger partial charge on any atom is 0.0328 e. The van der Waals surface area contributed by atoms with E-state index < -0.39 is 0 Å². The molecule has 0 saturated carbocycles. The minimum absolute atomic E-state index is 0.530. The molecule has 30 heavy (non-hydrogen) atoms. The summed E-state index contributed by atoms with van der Waals surface area (Å²) in [7, 11) is 0. The Morgan fingerprint density at radius 3 is 1.90 bits per heavy atom. The Balaban J connectivity index is 0. The number of rotatable bonds is 13. The molecule has 0 radical (unpaired) electrons. The third kappa shape index (κ3) is 16.2. The lowest BCUT2D eigenvalue weighted by molar-refractivity contribution is 0.582. The van der Waals surface area contributed by atoms with E-state index in [1.165, 1.54) is 19.3 Å². The molecular formula is C28H44N2. The van der Waals surface area contributed by atoms with Crippen molar-refractivity contribution in [1.29, 1.82) is 0 Å².